The van der Waals surface area contributed by atoms with Crippen molar-refractivity contribution in [1.82, 2.24) is 24.4 Å². The third-order valence-corrected chi connectivity index (χ3v) is 8.93. The van der Waals surface area contributed by atoms with Crippen LogP contribution in [0.4, 0.5) is 0 Å². The van der Waals surface area contributed by atoms with E-state index in [-0.39, 0.29) is 30.0 Å². The Bertz CT molecular complexity index is 1690. The van der Waals surface area contributed by atoms with Gasteiger partial charge in [-0.1, -0.05) is 11.6 Å². The van der Waals surface area contributed by atoms with Crippen LogP contribution in [0.1, 0.15) is 57.3 Å². The molecule has 2 aliphatic rings. The van der Waals surface area contributed by atoms with E-state index in [9.17, 15) is 14.4 Å². The van der Waals surface area contributed by atoms with Crippen LogP contribution < -0.4 is 10.9 Å². The summed E-state index contributed by atoms with van der Waals surface area (Å²) in [7, 11) is 1.59. The zero-order chi connectivity index (χ0) is 27.4. The molecule has 2 amide bonds. The van der Waals surface area contributed by atoms with Crippen molar-refractivity contribution in [2.75, 3.05) is 7.05 Å². The molecule has 10 heteroatoms. The standard InChI is InChI=1S/C29H27BrClN5O3/c1-16-11-22-25(15-34(16)28(38)19-7-10-23(30)24(31)13-19)36-27(20(14-33-36)12-17-3-4-17)35(29(22)39)21-8-5-18(6-9-21)26(37)32-2/h5-10,13-14,16-17H,3-4,11-12,15H2,1-2H3,(H,32,37)/t16-/m1/s1. The number of hydrogen-bond donors (Lipinski definition) is 1. The fourth-order valence-corrected chi connectivity index (χ4v) is 5.80. The Balaban J connectivity index is 1.48. The molecule has 1 aliphatic heterocycles. The van der Waals surface area contributed by atoms with E-state index in [1.165, 1.54) is 12.8 Å². The molecule has 2 aromatic heterocycles. The average molecular weight is 609 g/mol. The SMILES string of the molecule is CNC(=O)c1ccc(-n2c(=O)c3c(n4ncc(CC5CC5)c24)CN(C(=O)c2ccc(Br)c(Cl)c2)[C@H](C)C3)cc1. The number of amides is 2. The first kappa shape index (κ1) is 25.8. The Morgan fingerprint density at radius 3 is 2.51 bits per heavy atom. The molecule has 8 nitrogen and oxygen atoms in total. The topological polar surface area (TPSA) is 88.7 Å². The van der Waals surface area contributed by atoms with E-state index in [0.717, 1.165) is 22.2 Å². The molecule has 1 atom stereocenters. The highest BCUT2D eigenvalue weighted by Gasteiger charge is 2.34. The summed E-state index contributed by atoms with van der Waals surface area (Å²) in [6.45, 7) is 2.21. The summed E-state index contributed by atoms with van der Waals surface area (Å²) < 4.78 is 4.28. The van der Waals surface area contributed by atoms with E-state index in [2.05, 4.69) is 21.2 Å². The van der Waals surface area contributed by atoms with Gasteiger partial charge in [0.15, 0.2) is 0 Å². The summed E-state index contributed by atoms with van der Waals surface area (Å²) in [5.74, 6) is 0.261. The average Bonchev–Trinajstić information content (AvgIpc) is 3.67. The maximum absolute atomic E-state index is 14.1. The third kappa shape index (κ3) is 4.57. The number of hydrogen-bond acceptors (Lipinski definition) is 4. The second-order valence-electron chi connectivity index (χ2n) is 10.4. The molecule has 1 aliphatic carbocycles. The van der Waals surface area contributed by atoms with Crippen LogP contribution in [0.2, 0.25) is 5.02 Å². The van der Waals surface area contributed by atoms with Crippen LogP contribution in [0.15, 0.2) is 57.9 Å². The summed E-state index contributed by atoms with van der Waals surface area (Å²) in [5.41, 5.74) is 4.66. The molecular formula is C29H27BrClN5O3. The summed E-state index contributed by atoms with van der Waals surface area (Å²) in [6.07, 6.45) is 5.43. The molecule has 4 aromatic rings. The number of nitrogens with one attached hydrogen (secondary N) is 1. The monoisotopic (exact) mass is 607 g/mol. The van der Waals surface area contributed by atoms with Crippen LogP contribution >= 0.6 is 27.5 Å². The van der Waals surface area contributed by atoms with Crippen LogP contribution in [0, 0.1) is 5.92 Å². The highest BCUT2D eigenvalue weighted by molar-refractivity contribution is 9.10. The molecule has 39 heavy (non-hydrogen) atoms. The molecule has 0 spiro atoms. The van der Waals surface area contributed by atoms with Crippen molar-refractivity contribution in [2.24, 2.45) is 5.92 Å². The molecule has 0 bridgehead atoms. The van der Waals surface area contributed by atoms with Gasteiger partial charge in [-0.25, -0.2) is 4.52 Å². The number of carbonyl (C=O) groups excluding carboxylic acids is 2. The lowest BCUT2D eigenvalue weighted by atomic mass is 9.98. The van der Waals surface area contributed by atoms with E-state index in [0.29, 0.717) is 45.4 Å². The molecule has 200 valence electrons. The molecule has 0 saturated heterocycles. The lowest BCUT2D eigenvalue weighted by molar-refractivity contribution is 0.0651. The van der Waals surface area contributed by atoms with Crippen LogP contribution in [0.3, 0.4) is 0 Å². The predicted molar refractivity (Wildman–Crippen MR) is 153 cm³/mol. The zero-order valence-corrected chi connectivity index (χ0v) is 23.9. The molecule has 1 saturated carbocycles. The number of aromatic nitrogens is 3. The molecule has 0 unspecified atom stereocenters. The summed E-state index contributed by atoms with van der Waals surface area (Å²) >= 11 is 9.66. The maximum Gasteiger partial charge on any atom is 0.261 e. The van der Waals surface area contributed by atoms with Gasteiger partial charge in [0.05, 0.1) is 29.1 Å². The smallest absolute Gasteiger partial charge is 0.261 e. The van der Waals surface area contributed by atoms with E-state index in [1.54, 1.807) is 59.0 Å². The number of nitrogens with zero attached hydrogens (tertiary/aromatic N) is 4. The molecule has 1 N–H and O–H groups in total. The van der Waals surface area contributed by atoms with E-state index >= 15 is 0 Å². The van der Waals surface area contributed by atoms with Gasteiger partial charge in [0, 0.05) is 39.8 Å². The highest BCUT2D eigenvalue weighted by atomic mass is 79.9. The Hall–Kier alpha value is -3.43. The van der Waals surface area contributed by atoms with E-state index < -0.39 is 0 Å². The third-order valence-electron chi connectivity index (χ3n) is 7.69. The molecule has 0 radical (unpaired) electrons. The number of fused-ring (bicyclic) bond motifs is 3. The quantitative estimate of drug-likeness (QED) is 0.353. The lowest BCUT2D eigenvalue weighted by Gasteiger charge is -2.35. The predicted octanol–water partition coefficient (Wildman–Crippen LogP) is 4.80. The van der Waals surface area contributed by atoms with Gasteiger partial charge in [0.2, 0.25) is 0 Å². The van der Waals surface area contributed by atoms with Gasteiger partial charge in [-0.2, -0.15) is 5.10 Å². The summed E-state index contributed by atoms with van der Waals surface area (Å²) in [4.78, 5) is 41.6. The van der Waals surface area contributed by atoms with Gasteiger partial charge in [-0.05, 0) is 96.9 Å². The normalized spacial score (nSPS) is 16.8. The number of halogens is 2. The van der Waals surface area contributed by atoms with Crippen LogP contribution in [0.25, 0.3) is 11.3 Å². The Morgan fingerprint density at radius 1 is 1.13 bits per heavy atom. The second kappa shape index (κ2) is 9.95. The van der Waals surface area contributed by atoms with E-state index in [1.807, 2.05) is 17.6 Å². The zero-order valence-electron chi connectivity index (χ0n) is 21.6. The van der Waals surface area contributed by atoms with Gasteiger partial charge in [-0.3, -0.25) is 19.0 Å². The van der Waals surface area contributed by atoms with Gasteiger partial charge in [-0.15, -0.1) is 0 Å². The number of carbonyl (C=O) groups is 2. The molecule has 2 aromatic carbocycles. The Morgan fingerprint density at radius 2 is 1.85 bits per heavy atom. The van der Waals surface area contributed by atoms with Crippen molar-refractivity contribution in [3.8, 4) is 5.69 Å². The van der Waals surface area contributed by atoms with Crippen LogP contribution in [0.5, 0.6) is 0 Å². The van der Waals surface area contributed by atoms with Crippen molar-refractivity contribution in [3.63, 3.8) is 0 Å². The van der Waals surface area contributed by atoms with Crippen molar-refractivity contribution in [2.45, 2.75) is 45.2 Å². The Labute approximate surface area is 238 Å². The van der Waals surface area contributed by atoms with Gasteiger partial charge >= 0.3 is 0 Å². The van der Waals surface area contributed by atoms with E-state index in [4.69, 9.17) is 16.7 Å². The first-order valence-corrected chi connectivity index (χ1v) is 14.2. The fourth-order valence-electron chi connectivity index (χ4n) is 5.37. The largest absolute Gasteiger partial charge is 0.355 e. The minimum absolute atomic E-state index is 0.117. The number of rotatable bonds is 5. The summed E-state index contributed by atoms with van der Waals surface area (Å²) in [6, 6.07) is 12.0. The van der Waals surface area contributed by atoms with Crippen LogP contribution in [-0.4, -0.2) is 44.0 Å². The summed E-state index contributed by atoms with van der Waals surface area (Å²) in [5, 5.41) is 7.84. The molecule has 6 rings (SSSR count). The minimum atomic E-state index is -0.205. The van der Waals surface area contributed by atoms with Crippen molar-refractivity contribution >= 4 is 45.0 Å². The fraction of sp³-hybridized carbons (Fsp3) is 0.310. The van der Waals surface area contributed by atoms with Gasteiger partial charge in [0.1, 0.15) is 5.65 Å². The van der Waals surface area contributed by atoms with Gasteiger partial charge in [0.25, 0.3) is 17.4 Å². The maximum atomic E-state index is 14.1. The highest BCUT2D eigenvalue weighted by Crippen LogP contribution is 2.35. The lowest BCUT2D eigenvalue weighted by Crippen LogP contribution is -2.46. The Kier molecular flexibility index (Phi) is 6.59. The molecule has 3 heterocycles. The first-order chi connectivity index (χ1) is 18.8. The first-order valence-electron chi connectivity index (χ1n) is 13.0. The second-order valence-corrected chi connectivity index (χ2v) is 11.6. The van der Waals surface area contributed by atoms with Gasteiger partial charge < -0.3 is 10.2 Å². The molecular weight excluding hydrogens is 582 g/mol. The number of benzene rings is 2. The minimum Gasteiger partial charge on any atom is -0.355 e. The van der Waals surface area contributed by atoms with Crippen LogP contribution in [-0.2, 0) is 19.4 Å². The molecule has 1 fully saturated rings. The van der Waals surface area contributed by atoms with Crippen molar-refractivity contribution < 1.29 is 9.59 Å². The van der Waals surface area contributed by atoms with Crippen molar-refractivity contribution in [1.29, 1.82) is 0 Å². The van der Waals surface area contributed by atoms with Crippen molar-refractivity contribution in [3.05, 3.63) is 96.5 Å².